The van der Waals surface area contributed by atoms with E-state index in [2.05, 4.69) is 10.1 Å². The number of rotatable bonds is 3. The monoisotopic (exact) mass is 265 g/mol. The zero-order chi connectivity index (χ0) is 13.3. The van der Waals surface area contributed by atoms with Crippen molar-refractivity contribution in [2.24, 2.45) is 0 Å². The highest BCUT2D eigenvalue weighted by Crippen LogP contribution is 2.31. The molecule has 5 nitrogen and oxygen atoms in total. The van der Waals surface area contributed by atoms with E-state index in [1.54, 1.807) is 0 Å². The summed E-state index contributed by atoms with van der Waals surface area (Å²) in [6.07, 6.45) is -5.18. The number of alkyl halides is 3. The van der Waals surface area contributed by atoms with Gasteiger partial charge in [0.15, 0.2) is 6.10 Å². The lowest BCUT2D eigenvalue weighted by atomic mass is 10.1. The quantitative estimate of drug-likeness (QED) is 0.901. The first kappa shape index (κ1) is 13.1. The van der Waals surface area contributed by atoms with Crippen LogP contribution in [0.15, 0.2) is 4.52 Å². The molecule has 0 aliphatic carbocycles. The molecule has 0 aromatic carbocycles. The minimum atomic E-state index is -4.69. The van der Waals surface area contributed by atoms with Crippen molar-refractivity contribution in [1.82, 2.24) is 10.1 Å². The molecule has 8 heteroatoms. The summed E-state index contributed by atoms with van der Waals surface area (Å²) in [6, 6.07) is 0. The van der Waals surface area contributed by atoms with E-state index in [1.165, 1.54) is 6.92 Å². The van der Waals surface area contributed by atoms with E-state index in [1.807, 2.05) is 4.90 Å². The summed E-state index contributed by atoms with van der Waals surface area (Å²) in [6.45, 7) is 2.75. The third-order valence-electron chi connectivity index (χ3n) is 3.02. The van der Waals surface area contributed by atoms with Gasteiger partial charge in [0, 0.05) is 13.1 Å². The molecular weight excluding hydrogens is 251 g/mol. The van der Waals surface area contributed by atoms with Gasteiger partial charge in [-0.1, -0.05) is 6.92 Å². The summed E-state index contributed by atoms with van der Waals surface area (Å²) in [7, 11) is 0. The van der Waals surface area contributed by atoms with Gasteiger partial charge in [-0.2, -0.15) is 18.2 Å². The second-order valence-corrected chi connectivity index (χ2v) is 4.40. The summed E-state index contributed by atoms with van der Waals surface area (Å²) >= 11 is 0. The van der Waals surface area contributed by atoms with Crippen molar-refractivity contribution in [3.63, 3.8) is 0 Å². The Morgan fingerprint density at radius 2 is 1.94 bits per heavy atom. The van der Waals surface area contributed by atoms with Crippen molar-refractivity contribution in [3.05, 3.63) is 5.89 Å². The number of aliphatic hydroxyl groups is 1. The van der Waals surface area contributed by atoms with Crippen LogP contribution in [0.5, 0.6) is 0 Å². The summed E-state index contributed by atoms with van der Waals surface area (Å²) in [5.74, 6) is -1.17. The van der Waals surface area contributed by atoms with Gasteiger partial charge in [0.05, 0.1) is 5.92 Å². The minimum absolute atomic E-state index is 0.193. The largest absolute Gasteiger partial charge is 0.415 e. The van der Waals surface area contributed by atoms with Crippen LogP contribution in [0.2, 0.25) is 0 Å². The fourth-order valence-corrected chi connectivity index (χ4v) is 1.88. The highest BCUT2D eigenvalue weighted by atomic mass is 19.4. The van der Waals surface area contributed by atoms with E-state index in [9.17, 15) is 13.2 Å². The number of anilines is 1. The number of aliphatic hydroxyl groups excluding tert-OH is 1. The SMILES string of the molecule is CC(c1nc(N2CCCC2)no1)C(O)C(F)(F)F. The molecule has 1 aromatic rings. The maximum absolute atomic E-state index is 12.3. The Morgan fingerprint density at radius 1 is 1.33 bits per heavy atom. The van der Waals surface area contributed by atoms with Crippen LogP contribution in [0.1, 0.15) is 31.6 Å². The fraction of sp³-hybridized carbons (Fsp3) is 0.800. The first-order chi connectivity index (χ1) is 8.39. The number of aromatic nitrogens is 2. The zero-order valence-corrected chi connectivity index (χ0v) is 9.81. The number of hydrogen-bond acceptors (Lipinski definition) is 5. The predicted octanol–water partition coefficient (Wildman–Crippen LogP) is 1.70. The van der Waals surface area contributed by atoms with Crippen LogP contribution in [0.25, 0.3) is 0 Å². The first-order valence-corrected chi connectivity index (χ1v) is 5.73. The Bertz CT molecular complexity index is 401. The van der Waals surface area contributed by atoms with Crippen LogP contribution >= 0.6 is 0 Å². The van der Waals surface area contributed by atoms with Crippen molar-refractivity contribution >= 4 is 5.95 Å². The third-order valence-corrected chi connectivity index (χ3v) is 3.02. The van der Waals surface area contributed by atoms with Crippen molar-refractivity contribution < 1.29 is 22.8 Å². The van der Waals surface area contributed by atoms with Gasteiger partial charge in [0.2, 0.25) is 5.89 Å². The van der Waals surface area contributed by atoms with Gasteiger partial charge < -0.3 is 14.5 Å². The van der Waals surface area contributed by atoms with Crippen LogP contribution in [-0.4, -0.2) is 40.6 Å². The maximum atomic E-state index is 12.3. The molecule has 18 heavy (non-hydrogen) atoms. The third kappa shape index (κ3) is 2.58. The van der Waals surface area contributed by atoms with Crippen molar-refractivity contribution in [3.8, 4) is 0 Å². The fourth-order valence-electron chi connectivity index (χ4n) is 1.88. The van der Waals surface area contributed by atoms with Crippen LogP contribution in [-0.2, 0) is 0 Å². The predicted molar refractivity (Wildman–Crippen MR) is 56.2 cm³/mol. The van der Waals surface area contributed by atoms with E-state index in [0.717, 1.165) is 25.9 Å². The number of nitrogens with zero attached hydrogens (tertiary/aromatic N) is 3. The van der Waals surface area contributed by atoms with E-state index >= 15 is 0 Å². The summed E-state index contributed by atoms with van der Waals surface area (Å²) < 4.78 is 41.8. The van der Waals surface area contributed by atoms with Crippen molar-refractivity contribution in [2.45, 2.75) is 38.0 Å². The molecular formula is C10H14F3N3O2. The molecule has 0 amide bonds. The molecule has 1 fully saturated rings. The Hall–Kier alpha value is -1.31. The lowest BCUT2D eigenvalue weighted by Gasteiger charge is -2.18. The number of halogens is 3. The molecule has 2 atom stereocenters. The molecule has 1 saturated heterocycles. The first-order valence-electron chi connectivity index (χ1n) is 5.73. The topological polar surface area (TPSA) is 62.4 Å². The normalized spacial score (nSPS) is 20.2. The van der Waals surface area contributed by atoms with Gasteiger partial charge in [-0.05, 0) is 18.0 Å². The molecule has 2 rings (SSSR count). The van der Waals surface area contributed by atoms with E-state index in [4.69, 9.17) is 9.63 Å². The Labute approximate surface area is 102 Å². The Balaban J connectivity index is 2.09. The zero-order valence-electron chi connectivity index (χ0n) is 9.81. The minimum Gasteiger partial charge on any atom is -0.383 e. The second kappa shape index (κ2) is 4.75. The van der Waals surface area contributed by atoms with Crippen LogP contribution < -0.4 is 4.90 Å². The molecule has 0 radical (unpaired) electrons. The molecule has 1 aromatic heterocycles. The Morgan fingerprint density at radius 3 is 2.50 bits per heavy atom. The van der Waals surface area contributed by atoms with Crippen molar-refractivity contribution in [2.75, 3.05) is 18.0 Å². The van der Waals surface area contributed by atoms with Gasteiger partial charge in [0.1, 0.15) is 0 Å². The van der Waals surface area contributed by atoms with E-state index in [-0.39, 0.29) is 5.89 Å². The van der Waals surface area contributed by atoms with Crippen molar-refractivity contribution in [1.29, 1.82) is 0 Å². The summed E-state index contributed by atoms with van der Waals surface area (Å²) in [5.41, 5.74) is 0. The molecule has 0 saturated carbocycles. The lowest BCUT2D eigenvalue weighted by Crippen LogP contribution is -2.33. The smallest absolute Gasteiger partial charge is 0.383 e. The summed E-state index contributed by atoms with van der Waals surface area (Å²) in [5, 5.41) is 12.8. The lowest BCUT2D eigenvalue weighted by molar-refractivity contribution is -0.210. The average Bonchev–Trinajstić information content (AvgIpc) is 2.95. The summed E-state index contributed by atoms with van der Waals surface area (Å²) in [4.78, 5) is 5.76. The molecule has 2 unspecified atom stereocenters. The maximum Gasteiger partial charge on any atom is 0.415 e. The van der Waals surface area contributed by atoms with Gasteiger partial charge in [-0.25, -0.2) is 0 Å². The van der Waals surface area contributed by atoms with E-state index in [0.29, 0.717) is 5.95 Å². The van der Waals surface area contributed by atoms with Crippen LogP contribution in [0.4, 0.5) is 19.1 Å². The number of hydrogen-bond donors (Lipinski definition) is 1. The van der Waals surface area contributed by atoms with Gasteiger partial charge in [0.25, 0.3) is 5.95 Å². The van der Waals surface area contributed by atoms with Gasteiger partial charge in [-0.3, -0.25) is 0 Å². The van der Waals surface area contributed by atoms with Crippen LogP contribution in [0, 0.1) is 0 Å². The molecule has 0 bridgehead atoms. The molecule has 102 valence electrons. The molecule has 1 aliphatic heterocycles. The molecule has 1 aliphatic rings. The van der Waals surface area contributed by atoms with Gasteiger partial charge >= 0.3 is 6.18 Å². The van der Waals surface area contributed by atoms with Gasteiger partial charge in [-0.15, -0.1) is 0 Å². The highest BCUT2D eigenvalue weighted by Gasteiger charge is 2.44. The average molecular weight is 265 g/mol. The standard InChI is InChI=1S/C10H14F3N3O2/c1-6(7(17)10(11,12)13)8-14-9(15-18-8)16-4-2-3-5-16/h6-7,17H,2-5H2,1H3. The van der Waals surface area contributed by atoms with Crippen LogP contribution in [0.3, 0.4) is 0 Å². The second-order valence-electron chi connectivity index (χ2n) is 4.40. The highest BCUT2D eigenvalue weighted by molar-refractivity contribution is 5.29. The molecule has 2 heterocycles. The Kier molecular flexibility index (Phi) is 3.47. The molecule has 0 spiro atoms. The molecule has 1 N–H and O–H groups in total. The van der Waals surface area contributed by atoms with E-state index < -0.39 is 18.2 Å².